The summed E-state index contributed by atoms with van der Waals surface area (Å²) >= 11 is 0. The van der Waals surface area contributed by atoms with Crippen molar-refractivity contribution in [3.05, 3.63) is 0 Å². The van der Waals surface area contributed by atoms with E-state index in [1.807, 2.05) is 5.01 Å². The van der Waals surface area contributed by atoms with Crippen molar-refractivity contribution in [1.29, 1.82) is 0 Å². The standard InChI is InChI=1S/C9H18N2O/c10-11-5-8(6-12)9(7-11)3-1-2-4-9/h8,12H,1-7,10H2/t8-/m1/s1. The van der Waals surface area contributed by atoms with Gasteiger partial charge in [-0.2, -0.15) is 0 Å². The predicted octanol–water partition coefficient (Wildman–Crippen LogP) is 0.345. The number of hydrogen-bond donors (Lipinski definition) is 2. The molecule has 1 spiro atoms. The van der Waals surface area contributed by atoms with Gasteiger partial charge in [0.1, 0.15) is 0 Å². The highest BCUT2D eigenvalue weighted by Crippen LogP contribution is 2.47. The van der Waals surface area contributed by atoms with Gasteiger partial charge in [0.05, 0.1) is 0 Å². The number of aliphatic hydroxyl groups excluding tert-OH is 1. The first kappa shape index (κ1) is 8.48. The molecule has 2 rings (SSSR count). The molecule has 0 aromatic rings. The number of aliphatic hydroxyl groups is 1. The topological polar surface area (TPSA) is 49.5 Å². The van der Waals surface area contributed by atoms with Crippen LogP contribution in [-0.4, -0.2) is 29.8 Å². The zero-order valence-electron chi connectivity index (χ0n) is 7.50. The Kier molecular flexibility index (Phi) is 2.10. The number of nitrogens with zero attached hydrogens (tertiary/aromatic N) is 1. The van der Waals surface area contributed by atoms with Gasteiger partial charge < -0.3 is 5.11 Å². The SMILES string of the molecule is NN1C[C@H](CO)C2(CCCC2)C1. The summed E-state index contributed by atoms with van der Waals surface area (Å²) in [6, 6.07) is 0. The first-order valence-electron chi connectivity index (χ1n) is 4.87. The smallest absolute Gasteiger partial charge is 0.0477 e. The van der Waals surface area contributed by atoms with Crippen LogP contribution in [0.1, 0.15) is 25.7 Å². The number of nitrogens with two attached hydrogens (primary N) is 1. The zero-order chi connectivity index (χ0) is 8.60. The lowest BCUT2D eigenvalue weighted by Crippen LogP contribution is -2.31. The van der Waals surface area contributed by atoms with Gasteiger partial charge in [-0.1, -0.05) is 12.8 Å². The lowest BCUT2D eigenvalue weighted by molar-refractivity contribution is 0.137. The third-order valence-electron chi connectivity index (χ3n) is 3.66. The molecule has 1 heterocycles. The van der Waals surface area contributed by atoms with Gasteiger partial charge in [-0.25, -0.2) is 5.01 Å². The minimum absolute atomic E-state index is 0.313. The van der Waals surface area contributed by atoms with Crippen LogP contribution in [0.4, 0.5) is 0 Å². The molecule has 0 radical (unpaired) electrons. The van der Waals surface area contributed by atoms with Gasteiger partial charge in [-0.15, -0.1) is 0 Å². The fourth-order valence-electron chi connectivity index (χ4n) is 2.97. The van der Waals surface area contributed by atoms with Crippen molar-refractivity contribution < 1.29 is 5.11 Å². The Morgan fingerprint density at radius 1 is 1.42 bits per heavy atom. The molecule has 1 aliphatic heterocycles. The summed E-state index contributed by atoms with van der Waals surface area (Å²) < 4.78 is 0. The average molecular weight is 170 g/mol. The molecule has 3 heteroatoms. The van der Waals surface area contributed by atoms with Crippen LogP contribution in [-0.2, 0) is 0 Å². The highest BCUT2D eigenvalue weighted by atomic mass is 16.3. The molecule has 1 saturated carbocycles. The summed E-state index contributed by atoms with van der Waals surface area (Å²) in [4.78, 5) is 0. The van der Waals surface area contributed by atoms with Crippen molar-refractivity contribution in [3.63, 3.8) is 0 Å². The Hall–Kier alpha value is -0.120. The van der Waals surface area contributed by atoms with E-state index in [4.69, 9.17) is 5.84 Å². The summed E-state index contributed by atoms with van der Waals surface area (Å²) in [5, 5.41) is 11.1. The van der Waals surface area contributed by atoms with E-state index >= 15 is 0 Å². The Bertz CT molecular complexity index is 166. The van der Waals surface area contributed by atoms with Crippen LogP contribution >= 0.6 is 0 Å². The van der Waals surface area contributed by atoms with Crippen LogP contribution in [0.5, 0.6) is 0 Å². The monoisotopic (exact) mass is 170 g/mol. The van der Waals surface area contributed by atoms with Gasteiger partial charge >= 0.3 is 0 Å². The molecule has 1 aliphatic carbocycles. The van der Waals surface area contributed by atoms with E-state index in [0.717, 1.165) is 13.1 Å². The van der Waals surface area contributed by atoms with E-state index in [9.17, 15) is 5.11 Å². The van der Waals surface area contributed by atoms with E-state index in [0.29, 0.717) is 17.9 Å². The maximum Gasteiger partial charge on any atom is 0.0477 e. The van der Waals surface area contributed by atoms with Crippen molar-refractivity contribution in [2.24, 2.45) is 17.2 Å². The molecule has 2 fully saturated rings. The molecule has 12 heavy (non-hydrogen) atoms. The molecule has 3 nitrogen and oxygen atoms in total. The molecule has 1 saturated heterocycles. The Balaban J connectivity index is 2.11. The molecule has 2 aliphatic rings. The van der Waals surface area contributed by atoms with E-state index in [1.54, 1.807) is 0 Å². The van der Waals surface area contributed by atoms with E-state index in [-0.39, 0.29) is 0 Å². The fourth-order valence-corrected chi connectivity index (χ4v) is 2.97. The van der Waals surface area contributed by atoms with Crippen molar-refractivity contribution in [3.8, 4) is 0 Å². The molecular weight excluding hydrogens is 152 g/mol. The summed E-state index contributed by atoms with van der Waals surface area (Å²) in [6.45, 7) is 2.20. The predicted molar refractivity (Wildman–Crippen MR) is 47.2 cm³/mol. The number of rotatable bonds is 1. The van der Waals surface area contributed by atoms with E-state index in [1.165, 1.54) is 25.7 Å². The van der Waals surface area contributed by atoms with Crippen LogP contribution in [0.2, 0.25) is 0 Å². The summed E-state index contributed by atoms with van der Waals surface area (Å²) in [7, 11) is 0. The molecule has 3 N–H and O–H groups in total. The van der Waals surface area contributed by atoms with E-state index < -0.39 is 0 Å². The van der Waals surface area contributed by atoms with Crippen LogP contribution < -0.4 is 5.84 Å². The highest BCUT2D eigenvalue weighted by molar-refractivity contribution is 4.97. The minimum atomic E-state index is 0.313. The van der Waals surface area contributed by atoms with Gasteiger partial charge in [-0.05, 0) is 18.3 Å². The number of hydrogen-bond acceptors (Lipinski definition) is 3. The lowest BCUT2D eigenvalue weighted by Gasteiger charge is -2.28. The summed E-state index contributed by atoms with van der Waals surface area (Å²) in [5.74, 6) is 6.21. The van der Waals surface area contributed by atoms with Gasteiger partial charge in [0.15, 0.2) is 0 Å². The Morgan fingerprint density at radius 2 is 2.08 bits per heavy atom. The summed E-state index contributed by atoms with van der Waals surface area (Å²) in [6.07, 6.45) is 5.19. The molecule has 70 valence electrons. The molecule has 0 amide bonds. The molecule has 0 unspecified atom stereocenters. The molecule has 0 aromatic carbocycles. The van der Waals surface area contributed by atoms with Crippen LogP contribution in [0.25, 0.3) is 0 Å². The second-order valence-corrected chi connectivity index (χ2v) is 4.38. The largest absolute Gasteiger partial charge is 0.396 e. The van der Waals surface area contributed by atoms with Crippen molar-refractivity contribution >= 4 is 0 Å². The fraction of sp³-hybridized carbons (Fsp3) is 1.00. The molecule has 1 atom stereocenters. The van der Waals surface area contributed by atoms with Gasteiger partial charge in [-0.3, -0.25) is 5.84 Å². The van der Waals surface area contributed by atoms with Crippen LogP contribution in [0.15, 0.2) is 0 Å². The summed E-state index contributed by atoms with van der Waals surface area (Å²) in [5.41, 5.74) is 0.378. The van der Waals surface area contributed by atoms with Crippen molar-refractivity contribution in [2.75, 3.05) is 19.7 Å². The minimum Gasteiger partial charge on any atom is -0.396 e. The molecule has 0 aromatic heterocycles. The maximum atomic E-state index is 9.23. The lowest BCUT2D eigenvalue weighted by atomic mass is 9.77. The third-order valence-corrected chi connectivity index (χ3v) is 3.66. The Labute approximate surface area is 73.5 Å². The quantitative estimate of drug-likeness (QED) is 0.558. The maximum absolute atomic E-state index is 9.23. The first-order chi connectivity index (χ1) is 5.77. The average Bonchev–Trinajstić information content (AvgIpc) is 2.60. The van der Waals surface area contributed by atoms with Gasteiger partial charge in [0, 0.05) is 25.6 Å². The third kappa shape index (κ3) is 1.16. The Morgan fingerprint density at radius 3 is 2.67 bits per heavy atom. The molecule has 0 bridgehead atoms. The second kappa shape index (κ2) is 2.98. The zero-order valence-corrected chi connectivity index (χ0v) is 7.50. The van der Waals surface area contributed by atoms with Crippen LogP contribution in [0, 0.1) is 11.3 Å². The van der Waals surface area contributed by atoms with Gasteiger partial charge in [0.25, 0.3) is 0 Å². The van der Waals surface area contributed by atoms with Crippen molar-refractivity contribution in [1.82, 2.24) is 5.01 Å². The highest BCUT2D eigenvalue weighted by Gasteiger charge is 2.46. The number of hydrazine groups is 1. The first-order valence-corrected chi connectivity index (χ1v) is 4.87. The van der Waals surface area contributed by atoms with Crippen molar-refractivity contribution in [2.45, 2.75) is 25.7 Å². The molecular formula is C9H18N2O. The van der Waals surface area contributed by atoms with E-state index in [2.05, 4.69) is 0 Å². The van der Waals surface area contributed by atoms with Gasteiger partial charge in [0.2, 0.25) is 0 Å². The normalized spacial score (nSPS) is 35.0. The second-order valence-electron chi connectivity index (χ2n) is 4.38. The van der Waals surface area contributed by atoms with Crippen LogP contribution in [0.3, 0.4) is 0 Å².